The number of hydrogen-bond donors (Lipinski definition) is 1. The normalized spacial score (nSPS) is 10.1. The van der Waals surface area contributed by atoms with Gasteiger partial charge in [0, 0.05) is 37.3 Å². The maximum atomic E-state index is 11.9. The molecule has 0 radical (unpaired) electrons. The fourth-order valence-corrected chi connectivity index (χ4v) is 3.78. The number of nitrogens with one attached hydrogen (secondary N) is 1. The van der Waals surface area contributed by atoms with Crippen molar-refractivity contribution < 1.29 is 4.79 Å². The fourth-order valence-electron chi connectivity index (χ4n) is 3.78. The third-order valence-corrected chi connectivity index (χ3v) is 5.81. The molecule has 0 aromatic carbocycles. The van der Waals surface area contributed by atoms with E-state index in [9.17, 15) is 4.79 Å². The van der Waals surface area contributed by atoms with E-state index in [1.165, 1.54) is 83.5 Å². The average Bonchev–Trinajstić information content (AvgIpc) is 2.83. The number of rotatable bonds is 19. The largest absolute Gasteiger partial charge is 0.326 e. The molecule has 0 aliphatic rings. The molecule has 3 nitrogen and oxygen atoms in total. The molecule has 0 saturated carbocycles. The van der Waals surface area contributed by atoms with Crippen molar-refractivity contribution in [1.29, 1.82) is 0 Å². The minimum Gasteiger partial charge on any atom is -0.326 e. The molecule has 1 aromatic rings. The van der Waals surface area contributed by atoms with Crippen LogP contribution in [0.4, 0.5) is 5.69 Å². The third kappa shape index (κ3) is 20.1. The van der Waals surface area contributed by atoms with E-state index in [1.54, 1.807) is 12.4 Å². The van der Waals surface area contributed by atoms with Crippen molar-refractivity contribution in [2.45, 2.75) is 129 Å². The number of amides is 1. The lowest BCUT2D eigenvalue weighted by Gasteiger charge is -2.04. The van der Waals surface area contributed by atoms with Gasteiger partial charge in [-0.25, -0.2) is 0 Å². The van der Waals surface area contributed by atoms with E-state index >= 15 is 0 Å². The summed E-state index contributed by atoms with van der Waals surface area (Å²) < 4.78 is 0. The zero-order valence-electron chi connectivity index (χ0n) is 21.1. The lowest BCUT2D eigenvalue weighted by atomic mass is 10.1. The highest BCUT2D eigenvalue weighted by atomic mass is 16.1. The lowest BCUT2D eigenvalue weighted by molar-refractivity contribution is -0.116. The standard InChI is InChI=1S/C30H46N2O/c1-2-3-4-5-6-7-8-9-10-11-12-13-14-15-16-17-18-19-20-21-22-23-24-30(33)32-29-25-27-31-28-26-29/h25-28H,2-12,17-24H2,1H3,(H,31,32,33). The summed E-state index contributed by atoms with van der Waals surface area (Å²) >= 11 is 0. The van der Waals surface area contributed by atoms with Gasteiger partial charge in [0.25, 0.3) is 0 Å². The summed E-state index contributed by atoms with van der Waals surface area (Å²) in [7, 11) is 0. The van der Waals surface area contributed by atoms with Gasteiger partial charge in [-0.3, -0.25) is 9.78 Å². The Labute approximate surface area is 203 Å². The van der Waals surface area contributed by atoms with Crippen LogP contribution in [0.1, 0.15) is 129 Å². The summed E-state index contributed by atoms with van der Waals surface area (Å²) in [5.41, 5.74) is 0.819. The van der Waals surface area contributed by atoms with Crippen molar-refractivity contribution in [2.24, 2.45) is 0 Å². The van der Waals surface area contributed by atoms with Gasteiger partial charge < -0.3 is 5.32 Å². The Balaban J connectivity index is 1.82. The summed E-state index contributed by atoms with van der Waals surface area (Å²) in [5, 5.41) is 2.90. The van der Waals surface area contributed by atoms with Crippen LogP contribution in [-0.4, -0.2) is 10.9 Å². The lowest BCUT2D eigenvalue weighted by Crippen LogP contribution is -2.10. The maximum absolute atomic E-state index is 11.9. The molecule has 1 rings (SSSR count). The van der Waals surface area contributed by atoms with Gasteiger partial charge in [0.05, 0.1) is 0 Å². The SMILES string of the molecule is CCCCCCCCCCCCC#CC#CCCCCCCCCC(=O)Nc1ccncc1. The van der Waals surface area contributed by atoms with Gasteiger partial charge >= 0.3 is 0 Å². The first-order valence-corrected chi connectivity index (χ1v) is 13.5. The number of carbonyl (C=O) groups is 1. The maximum Gasteiger partial charge on any atom is 0.224 e. The Morgan fingerprint density at radius 1 is 0.697 bits per heavy atom. The Bertz CT molecular complexity index is 706. The van der Waals surface area contributed by atoms with Crippen LogP contribution >= 0.6 is 0 Å². The van der Waals surface area contributed by atoms with E-state index in [-0.39, 0.29) is 5.91 Å². The second kappa shape index (κ2) is 22.9. The molecule has 0 fully saturated rings. The van der Waals surface area contributed by atoms with Gasteiger partial charge in [0.2, 0.25) is 5.91 Å². The molecule has 1 heterocycles. The van der Waals surface area contributed by atoms with Crippen LogP contribution in [0.3, 0.4) is 0 Å². The topological polar surface area (TPSA) is 42.0 Å². The molecular weight excluding hydrogens is 404 g/mol. The predicted octanol–water partition coefficient (Wildman–Crippen LogP) is 8.46. The second-order valence-electron chi connectivity index (χ2n) is 8.94. The molecule has 0 bridgehead atoms. The first-order chi connectivity index (χ1) is 16.3. The number of carbonyl (C=O) groups excluding carboxylic acids is 1. The second-order valence-corrected chi connectivity index (χ2v) is 8.94. The molecule has 0 saturated heterocycles. The molecule has 0 unspecified atom stereocenters. The van der Waals surface area contributed by atoms with Gasteiger partial charge in [-0.05, 0) is 43.2 Å². The molecule has 1 amide bonds. The van der Waals surface area contributed by atoms with Crippen molar-refractivity contribution in [1.82, 2.24) is 4.98 Å². The minimum atomic E-state index is 0.0887. The van der Waals surface area contributed by atoms with Crippen LogP contribution in [0, 0.1) is 23.7 Å². The number of anilines is 1. The molecule has 1 N–H and O–H groups in total. The number of unbranched alkanes of at least 4 members (excludes halogenated alkanes) is 16. The van der Waals surface area contributed by atoms with E-state index < -0.39 is 0 Å². The van der Waals surface area contributed by atoms with Crippen LogP contribution < -0.4 is 5.32 Å². The fraction of sp³-hybridized carbons (Fsp3) is 0.667. The van der Waals surface area contributed by atoms with Crippen LogP contribution in [0.2, 0.25) is 0 Å². The third-order valence-electron chi connectivity index (χ3n) is 5.81. The zero-order chi connectivity index (χ0) is 23.7. The smallest absolute Gasteiger partial charge is 0.224 e. The molecule has 182 valence electrons. The summed E-state index contributed by atoms with van der Waals surface area (Å²) in [5.74, 6) is 12.5. The van der Waals surface area contributed by atoms with Gasteiger partial charge in [-0.1, -0.05) is 102 Å². The Hall–Kier alpha value is -2.26. The molecule has 0 aliphatic carbocycles. The molecule has 0 spiro atoms. The number of aromatic nitrogens is 1. The number of pyridine rings is 1. The van der Waals surface area contributed by atoms with E-state index in [0.29, 0.717) is 6.42 Å². The average molecular weight is 451 g/mol. The highest BCUT2D eigenvalue weighted by Gasteiger charge is 2.01. The summed E-state index contributed by atoms with van der Waals surface area (Å²) in [6.45, 7) is 2.27. The van der Waals surface area contributed by atoms with E-state index in [2.05, 4.69) is 40.9 Å². The van der Waals surface area contributed by atoms with Crippen LogP contribution in [0.15, 0.2) is 24.5 Å². The molecule has 0 atom stereocenters. The van der Waals surface area contributed by atoms with Crippen molar-refractivity contribution in [2.75, 3.05) is 5.32 Å². The first kappa shape index (κ1) is 28.8. The Morgan fingerprint density at radius 3 is 1.67 bits per heavy atom. The van der Waals surface area contributed by atoms with Crippen molar-refractivity contribution in [3.05, 3.63) is 24.5 Å². The Morgan fingerprint density at radius 2 is 1.15 bits per heavy atom. The van der Waals surface area contributed by atoms with Crippen LogP contribution in [0.5, 0.6) is 0 Å². The summed E-state index contributed by atoms with van der Waals surface area (Å²) in [6.07, 6.45) is 26.4. The van der Waals surface area contributed by atoms with E-state index in [0.717, 1.165) is 37.8 Å². The molecular formula is C30H46N2O. The highest BCUT2D eigenvalue weighted by molar-refractivity contribution is 5.90. The molecule has 3 heteroatoms. The van der Waals surface area contributed by atoms with Crippen molar-refractivity contribution in [3.63, 3.8) is 0 Å². The van der Waals surface area contributed by atoms with Crippen molar-refractivity contribution >= 4 is 11.6 Å². The van der Waals surface area contributed by atoms with Gasteiger partial charge in [-0.15, -0.1) is 0 Å². The number of hydrogen-bond acceptors (Lipinski definition) is 2. The van der Waals surface area contributed by atoms with Crippen LogP contribution in [-0.2, 0) is 4.79 Å². The number of nitrogens with zero attached hydrogens (tertiary/aromatic N) is 1. The predicted molar refractivity (Wildman–Crippen MR) is 142 cm³/mol. The summed E-state index contributed by atoms with van der Waals surface area (Å²) in [4.78, 5) is 15.8. The van der Waals surface area contributed by atoms with E-state index in [4.69, 9.17) is 0 Å². The van der Waals surface area contributed by atoms with Crippen molar-refractivity contribution in [3.8, 4) is 23.7 Å². The molecule has 33 heavy (non-hydrogen) atoms. The molecule has 0 aliphatic heterocycles. The van der Waals surface area contributed by atoms with Gasteiger partial charge in [-0.2, -0.15) is 0 Å². The van der Waals surface area contributed by atoms with Gasteiger partial charge in [0.15, 0.2) is 0 Å². The zero-order valence-corrected chi connectivity index (χ0v) is 21.1. The highest BCUT2D eigenvalue weighted by Crippen LogP contribution is 2.11. The van der Waals surface area contributed by atoms with E-state index in [1.807, 2.05) is 12.1 Å². The molecule has 1 aromatic heterocycles. The first-order valence-electron chi connectivity index (χ1n) is 13.5. The summed E-state index contributed by atoms with van der Waals surface area (Å²) in [6, 6.07) is 3.62. The van der Waals surface area contributed by atoms with Crippen LogP contribution in [0.25, 0.3) is 0 Å². The Kier molecular flexibility index (Phi) is 20.0. The monoisotopic (exact) mass is 450 g/mol. The van der Waals surface area contributed by atoms with Gasteiger partial charge in [0.1, 0.15) is 0 Å². The quantitative estimate of drug-likeness (QED) is 0.170. The minimum absolute atomic E-state index is 0.0887.